The SMILES string of the molecule is COC(C)CNc1c(C)cccc1C. The highest BCUT2D eigenvalue weighted by molar-refractivity contribution is 5.56. The van der Waals surface area contributed by atoms with Crippen LogP contribution in [0, 0.1) is 13.8 Å². The maximum atomic E-state index is 5.19. The zero-order valence-electron chi connectivity index (χ0n) is 9.42. The summed E-state index contributed by atoms with van der Waals surface area (Å²) in [5.41, 5.74) is 3.80. The second-order valence-corrected chi connectivity index (χ2v) is 3.69. The third-order valence-corrected chi connectivity index (χ3v) is 2.45. The molecule has 0 aliphatic carbocycles. The number of hydrogen-bond donors (Lipinski definition) is 1. The molecule has 14 heavy (non-hydrogen) atoms. The van der Waals surface area contributed by atoms with Crippen molar-refractivity contribution >= 4 is 5.69 Å². The fourth-order valence-corrected chi connectivity index (χ4v) is 1.42. The van der Waals surface area contributed by atoms with E-state index in [9.17, 15) is 0 Å². The largest absolute Gasteiger partial charge is 0.382 e. The Morgan fingerprint density at radius 2 is 1.86 bits per heavy atom. The topological polar surface area (TPSA) is 21.3 Å². The van der Waals surface area contributed by atoms with E-state index in [1.807, 2.05) is 0 Å². The molecule has 0 heterocycles. The van der Waals surface area contributed by atoms with Gasteiger partial charge in [0.1, 0.15) is 0 Å². The van der Waals surface area contributed by atoms with Crippen LogP contribution in [0.2, 0.25) is 0 Å². The van der Waals surface area contributed by atoms with E-state index in [0.29, 0.717) is 0 Å². The molecular formula is C12H19NO. The van der Waals surface area contributed by atoms with Crippen LogP contribution in [0.15, 0.2) is 18.2 Å². The first-order valence-electron chi connectivity index (χ1n) is 4.98. The standard InChI is InChI=1S/C12H19NO/c1-9-6-5-7-10(2)12(9)13-8-11(3)14-4/h5-7,11,13H,8H2,1-4H3. The van der Waals surface area contributed by atoms with Crippen LogP contribution >= 0.6 is 0 Å². The first-order chi connectivity index (χ1) is 6.65. The number of benzene rings is 1. The Kier molecular flexibility index (Phi) is 3.96. The van der Waals surface area contributed by atoms with E-state index in [2.05, 4.69) is 44.3 Å². The Morgan fingerprint density at radius 1 is 1.29 bits per heavy atom. The van der Waals surface area contributed by atoms with Gasteiger partial charge in [0.2, 0.25) is 0 Å². The van der Waals surface area contributed by atoms with E-state index in [-0.39, 0.29) is 6.10 Å². The zero-order valence-corrected chi connectivity index (χ0v) is 9.42. The van der Waals surface area contributed by atoms with Crippen LogP contribution in [0.4, 0.5) is 5.69 Å². The molecule has 0 radical (unpaired) electrons. The summed E-state index contributed by atoms with van der Waals surface area (Å²) in [6, 6.07) is 6.31. The Hall–Kier alpha value is -1.02. The summed E-state index contributed by atoms with van der Waals surface area (Å²) in [5, 5.41) is 3.41. The van der Waals surface area contributed by atoms with E-state index in [1.54, 1.807) is 7.11 Å². The van der Waals surface area contributed by atoms with Crippen LogP contribution in [-0.4, -0.2) is 19.8 Å². The summed E-state index contributed by atoms with van der Waals surface area (Å²) < 4.78 is 5.19. The average molecular weight is 193 g/mol. The average Bonchev–Trinajstić information content (AvgIpc) is 2.16. The summed E-state index contributed by atoms with van der Waals surface area (Å²) in [6.07, 6.45) is 0.244. The Morgan fingerprint density at radius 3 is 2.36 bits per heavy atom. The molecule has 0 bridgehead atoms. The van der Waals surface area contributed by atoms with Crippen LogP contribution in [0.5, 0.6) is 0 Å². The van der Waals surface area contributed by atoms with Crippen LogP contribution in [0.25, 0.3) is 0 Å². The molecule has 1 aromatic carbocycles. The van der Waals surface area contributed by atoms with Gasteiger partial charge in [0.05, 0.1) is 6.10 Å². The van der Waals surface area contributed by atoms with Gasteiger partial charge in [-0.05, 0) is 31.9 Å². The molecule has 0 fully saturated rings. The molecule has 78 valence electrons. The Bertz CT molecular complexity index is 276. The molecule has 0 saturated carbocycles. The van der Waals surface area contributed by atoms with Crippen molar-refractivity contribution in [2.75, 3.05) is 19.0 Å². The predicted molar refractivity (Wildman–Crippen MR) is 60.9 cm³/mol. The predicted octanol–water partition coefficient (Wildman–Crippen LogP) is 2.75. The third kappa shape index (κ3) is 2.74. The van der Waals surface area contributed by atoms with Crippen molar-refractivity contribution in [2.24, 2.45) is 0 Å². The molecule has 1 N–H and O–H groups in total. The van der Waals surface area contributed by atoms with Gasteiger partial charge >= 0.3 is 0 Å². The molecule has 1 aromatic rings. The van der Waals surface area contributed by atoms with Crippen molar-refractivity contribution in [2.45, 2.75) is 26.9 Å². The van der Waals surface area contributed by atoms with Crippen LogP contribution in [0.3, 0.4) is 0 Å². The van der Waals surface area contributed by atoms with Crippen molar-refractivity contribution in [3.05, 3.63) is 29.3 Å². The molecular weight excluding hydrogens is 174 g/mol. The van der Waals surface area contributed by atoms with Gasteiger partial charge in [-0.15, -0.1) is 0 Å². The lowest BCUT2D eigenvalue weighted by molar-refractivity contribution is 0.129. The van der Waals surface area contributed by atoms with Crippen LogP contribution in [0.1, 0.15) is 18.1 Å². The number of rotatable bonds is 4. The van der Waals surface area contributed by atoms with Gasteiger partial charge in [0.15, 0.2) is 0 Å². The fraction of sp³-hybridized carbons (Fsp3) is 0.500. The number of aryl methyl sites for hydroxylation is 2. The minimum Gasteiger partial charge on any atom is -0.382 e. The second kappa shape index (κ2) is 5.01. The van der Waals surface area contributed by atoms with E-state index >= 15 is 0 Å². The third-order valence-electron chi connectivity index (χ3n) is 2.45. The molecule has 0 aliphatic rings. The molecule has 0 aliphatic heterocycles. The molecule has 2 nitrogen and oxygen atoms in total. The molecule has 1 rings (SSSR count). The second-order valence-electron chi connectivity index (χ2n) is 3.69. The highest BCUT2D eigenvalue weighted by atomic mass is 16.5. The summed E-state index contributed by atoms with van der Waals surface area (Å²) >= 11 is 0. The van der Waals surface area contributed by atoms with E-state index in [4.69, 9.17) is 4.74 Å². The van der Waals surface area contributed by atoms with E-state index < -0.39 is 0 Å². The molecule has 1 atom stereocenters. The summed E-state index contributed by atoms with van der Waals surface area (Å²) in [4.78, 5) is 0. The number of ether oxygens (including phenoxy) is 1. The maximum absolute atomic E-state index is 5.19. The zero-order chi connectivity index (χ0) is 10.6. The van der Waals surface area contributed by atoms with Crippen molar-refractivity contribution in [3.63, 3.8) is 0 Å². The van der Waals surface area contributed by atoms with Crippen molar-refractivity contribution < 1.29 is 4.74 Å². The first kappa shape index (κ1) is 11.1. The summed E-state index contributed by atoms with van der Waals surface area (Å²) in [6.45, 7) is 7.14. The monoisotopic (exact) mass is 193 g/mol. The van der Waals surface area contributed by atoms with Crippen molar-refractivity contribution in [1.82, 2.24) is 0 Å². The number of nitrogens with one attached hydrogen (secondary N) is 1. The molecule has 0 aromatic heterocycles. The van der Waals surface area contributed by atoms with E-state index in [1.165, 1.54) is 16.8 Å². The quantitative estimate of drug-likeness (QED) is 0.794. The molecule has 0 spiro atoms. The van der Waals surface area contributed by atoms with Gasteiger partial charge in [0, 0.05) is 19.3 Å². The fourth-order valence-electron chi connectivity index (χ4n) is 1.42. The van der Waals surface area contributed by atoms with Gasteiger partial charge in [-0.2, -0.15) is 0 Å². The number of methoxy groups -OCH3 is 1. The van der Waals surface area contributed by atoms with Crippen molar-refractivity contribution in [3.8, 4) is 0 Å². The lowest BCUT2D eigenvalue weighted by atomic mass is 10.1. The summed E-state index contributed by atoms with van der Waals surface area (Å²) in [7, 11) is 1.73. The Labute approximate surface area is 86.3 Å². The van der Waals surface area contributed by atoms with Crippen molar-refractivity contribution in [1.29, 1.82) is 0 Å². The van der Waals surface area contributed by atoms with Gasteiger partial charge in [-0.25, -0.2) is 0 Å². The Balaban J connectivity index is 2.66. The lowest BCUT2D eigenvalue weighted by Gasteiger charge is -2.15. The number of hydrogen-bond acceptors (Lipinski definition) is 2. The summed E-state index contributed by atoms with van der Waals surface area (Å²) in [5.74, 6) is 0. The lowest BCUT2D eigenvalue weighted by Crippen LogP contribution is -2.18. The van der Waals surface area contributed by atoms with Crippen LogP contribution < -0.4 is 5.32 Å². The molecule has 1 unspecified atom stereocenters. The smallest absolute Gasteiger partial charge is 0.0715 e. The molecule has 2 heteroatoms. The number of para-hydroxylation sites is 1. The first-order valence-corrected chi connectivity index (χ1v) is 4.98. The minimum atomic E-state index is 0.244. The van der Waals surface area contributed by atoms with Crippen LogP contribution in [-0.2, 0) is 4.74 Å². The number of anilines is 1. The van der Waals surface area contributed by atoms with Gasteiger partial charge < -0.3 is 10.1 Å². The maximum Gasteiger partial charge on any atom is 0.0715 e. The van der Waals surface area contributed by atoms with E-state index in [0.717, 1.165) is 6.54 Å². The minimum absolute atomic E-state index is 0.244. The van der Waals surface area contributed by atoms with Gasteiger partial charge in [-0.1, -0.05) is 18.2 Å². The molecule has 0 amide bonds. The van der Waals surface area contributed by atoms with Gasteiger partial charge in [0.25, 0.3) is 0 Å². The highest BCUT2D eigenvalue weighted by Crippen LogP contribution is 2.19. The molecule has 0 saturated heterocycles. The highest BCUT2D eigenvalue weighted by Gasteiger charge is 2.03. The van der Waals surface area contributed by atoms with Gasteiger partial charge in [-0.3, -0.25) is 0 Å². The normalized spacial score (nSPS) is 12.6.